The summed E-state index contributed by atoms with van der Waals surface area (Å²) < 4.78 is 39.5. The minimum Gasteiger partial charge on any atom is -0.352 e. The number of alkyl halides is 3. The molecule has 1 amide bonds. The van der Waals surface area contributed by atoms with E-state index >= 15 is 0 Å². The van der Waals surface area contributed by atoms with Crippen LogP contribution in [0.5, 0.6) is 0 Å². The van der Waals surface area contributed by atoms with Crippen molar-refractivity contribution in [3.05, 3.63) is 22.8 Å². The van der Waals surface area contributed by atoms with Gasteiger partial charge in [-0.2, -0.15) is 18.2 Å². The molecule has 1 aliphatic rings. The highest BCUT2D eigenvalue weighted by Gasteiger charge is 2.37. The second-order valence-electron chi connectivity index (χ2n) is 6.65. The maximum Gasteiger partial charge on any atom is 0.453 e. The van der Waals surface area contributed by atoms with Gasteiger partial charge in [-0.25, -0.2) is 9.50 Å². The predicted molar refractivity (Wildman–Crippen MR) is 94.5 cm³/mol. The van der Waals surface area contributed by atoms with Crippen molar-refractivity contribution in [3.63, 3.8) is 0 Å². The van der Waals surface area contributed by atoms with E-state index in [1.54, 1.807) is 13.8 Å². The number of rotatable bonds is 6. The SMILES string of the molecule is Cc1nc2nc(C(F)(F)F)nn2c(C)c1CCC(=O)NC(CN)C1CC1.Cl. The number of carbonyl (C=O) groups excluding carboxylic acids is 1. The molecule has 27 heavy (non-hydrogen) atoms. The van der Waals surface area contributed by atoms with Gasteiger partial charge in [-0.1, -0.05) is 0 Å². The van der Waals surface area contributed by atoms with Crippen molar-refractivity contribution in [1.82, 2.24) is 24.9 Å². The van der Waals surface area contributed by atoms with Crippen LogP contribution in [0.1, 0.15) is 42.0 Å². The molecule has 1 unspecified atom stereocenters. The molecule has 2 aromatic heterocycles. The first-order valence-corrected chi connectivity index (χ1v) is 8.50. The van der Waals surface area contributed by atoms with Gasteiger partial charge in [0.25, 0.3) is 11.6 Å². The maximum absolute atomic E-state index is 12.8. The molecular weight excluding hydrogens is 385 g/mol. The summed E-state index contributed by atoms with van der Waals surface area (Å²) in [6.45, 7) is 3.74. The summed E-state index contributed by atoms with van der Waals surface area (Å²) in [4.78, 5) is 19.7. The van der Waals surface area contributed by atoms with Crippen LogP contribution in [0.4, 0.5) is 13.2 Å². The van der Waals surface area contributed by atoms with Gasteiger partial charge < -0.3 is 11.1 Å². The lowest BCUT2D eigenvalue weighted by Crippen LogP contribution is -2.41. The summed E-state index contributed by atoms with van der Waals surface area (Å²) in [6.07, 6.45) is -1.91. The van der Waals surface area contributed by atoms with Crippen molar-refractivity contribution in [2.75, 3.05) is 6.54 Å². The Labute approximate surface area is 160 Å². The molecule has 1 fully saturated rings. The lowest BCUT2D eigenvalue weighted by molar-refractivity contribution is -0.144. The van der Waals surface area contributed by atoms with Crippen LogP contribution in [0.25, 0.3) is 5.78 Å². The predicted octanol–water partition coefficient (Wildman–Crippen LogP) is 1.97. The van der Waals surface area contributed by atoms with Gasteiger partial charge in [0.15, 0.2) is 0 Å². The Hall–Kier alpha value is -1.94. The third-order valence-electron chi connectivity index (χ3n) is 4.70. The van der Waals surface area contributed by atoms with Gasteiger partial charge in [0, 0.05) is 30.4 Å². The highest BCUT2D eigenvalue weighted by molar-refractivity contribution is 5.85. The standard InChI is InChI=1S/C16H21F3N6O.ClH/c1-8-11(5-6-13(26)22-12(7-20)10-3-4-10)9(2)25-15(21-8)23-14(24-25)16(17,18)19;/h10,12H,3-7,20H2,1-2H3,(H,22,26);1H. The molecule has 3 N–H and O–H groups in total. The number of nitrogens with two attached hydrogens (primary N) is 1. The molecule has 0 aromatic carbocycles. The normalized spacial score (nSPS) is 15.5. The summed E-state index contributed by atoms with van der Waals surface area (Å²) in [5.74, 6) is -0.989. The third-order valence-corrected chi connectivity index (χ3v) is 4.70. The van der Waals surface area contributed by atoms with E-state index in [-0.39, 0.29) is 36.6 Å². The second-order valence-corrected chi connectivity index (χ2v) is 6.65. The molecular formula is C16H22ClF3N6O. The Morgan fingerprint density at radius 1 is 1.33 bits per heavy atom. The zero-order valence-electron chi connectivity index (χ0n) is 15.0. The zero-order valence-corrected chi connectivity index (χ0v) is 15.8. The molecule has 3 rings (SSSR count). The largest absolute Gasteiger partial charge is 0.453 e. The van der Waals surface area contributed by atoms with Crippen LogP contribution in [0.2, 0.25) is 0 Å². The van der Waals surface area contributed by atoms with E-state index in [1.807, 2.05) is 0 Å². The number of hydrogen-bond donors (Lipinski definition) is 2. The number of fused-ring (bicyclic) bond motifs is 1. The summed E-state index contributed by atoms with van der Waals surface area (Å²) in [5.41, 5.74) is 7.42. The summed E-state index contributed by atoms with van der Waals surface area (Å²) >= 11 is 0. The number of hydrogen-bond acceptors (Lipinski definition) is 5. The average molecular weight is 407 g/mol. The van der Waals surface area contributed by atoms with E-state index in [0.717, 1.165) is 17.4 Å². The van der Waals surface area contributed by atoms with Gasteiger partial charge >= 0.3 is 6.18 Å². The fourth-order valence-corrected chi connectivity index (χ4v) is 3.08. The smallest absolute Gasteiger partial charge is 0.352 e. The lowest BCUT2D eigenvalue weighted by Gasteiger charge is -2.16. The molecule has 0 spiro atoms. The Balaban J connectivity index is 0.00000261. The molecule has 1 atom stereocenters. The Kier molecular flexibility index (Phi) is 6.31. The molecule has 1 aliphatic carbocycles. The van der Waals surface area contributed by atoms with E-state index in [0.29, 0.717) is 35.8 Å². The van der Waals surface area contributed by atoms with Crippen molar-refractivity contribution in [1.29, 1.82) is 0 Å². The van der Waals surface area contributed by atoms with Crippen LogP contribution in [-0.4, -0.2) is 38.1 Å². The first kappa shape index (κ1) is 21.4. The molecule has 2 heterocycles. The molecule has 7 nitrogen and oxygen atoms in total. The summed E-state index contributed by atoms with van der Waals surface area (Å²) in [6, 6.07) is -0.00467. The Bertz CT molecular complexity index is 834. The number of carbonyl (C=O) groups is 1. The molecule has 0 aliphatic heterocycles. The van der Waals surface area contributed by atoms with Crippen molar-refractivity contribution in [2.24, 2.45) is 11.7 Å². The molecule has 0 saturated heterocycles. The van der Waals surface area contributed by atoms with Gasteiger partial charge in [-0.05, 0) is 44.6 Å². The fourth-order valence-electron chi connectivity index (χ4n) is 3.08. The van der Waals surface area contributed by atoms with E-state index in [4.69, 9.17) is 5.73 Å². The van der Waals surface area contributed by atoms with Gasteiger partial charge in [0.1, 0.15) is 0 Å². The molecule has 1 saturated carbocycles. The minimum atomic E-state index is -4.63. The molecule has 0 bridgehead atoms. The number of aryl methyl sites for hydroxylation is 2. The van der Waals surface area contributed by atoms with E-state index < -0.39 is 12.0 Å². The molecule has 0 radical (unpaired) electrons. The van der Waals surface area contributed by atoms with E-state index in [2.05, 4.69) is 20.4 Å². The number of amides is 1. The maximum atomic E-state index is 12.8. The first-order chi connectivity index (χ1) is 12.2. The van der Waals surface area contributed by atoms with Crippen LogP contribution >= 0.6 is 12.4 Å². The first-order valence-electron chi connectivity index (χ1n) is 8.50. The van der Waals surface area contributed by atoms with Crippen molar-refractivity contribution >= 4 is 24.1 Å². The van der Waals surface area contributed by atoms with Gasteiger partial charge in [0.05, 0.1) is 0 Å². The number of nitrogens with zero attached hydrogens (tertiary/aromatic N) is 4. The second kappa shape index (κ2) is 7.97. The van der Waals surface area contributed by atoms with Crippen LogP contribution in [-0.2, 0) is 17.4 Å². The van der Waals surface area contributed by atoms with Gasteiger partial charge in [0.2, 0.25) is 5.91 Å². The average Bonchev–Trinajstić information content (AvgIpc) is 3.30. The Morgan fingerprint density at radius 3 is 2.56 bits per heavy atom. The number of nitrogens with one attached hydrogen (secondary N) is 1. The summed E-state index contributed by atoms with van der Waals surface area (Å²) in [7, 11) is 0. The van der Waals surface area contributed by atoms with Gasteiger partial charge in [-0.15, -0.1) is 17.5 Å². The van der Waals surface area contributed by atoms with Crippen molar-refractivity contribution in [2.45, 2.75) is 51.7 Å². The van der Waals surface area contributed by atoms with E-state index in [9.17, 15) is 18.0 Å². The minimum absolute atomic E-state index is 0. The Morgan fingerprint density at radius 2 is 2.00 bits per heavy atom. The highest BCUT2D eigenvalue weighted by atomic mass is 35.5. The zero-order chi connectivity index (χ0) is 19.1. The monoisotopic (exact) mass is 406 g/mol. The van der Waals surface area contributed by atoms with Crippen LogP contribution in [0.15, 0.2) is 0 Å². The van der Waals surface area contributed by atoms with Crippen LogP contribution in [0.3, 0.4) is 0 Å². The fraction of sp³-hybridized carbons (Fsp3) is 0.625. The molecule has 150 valence electrons. The van der Waals surface area contributed by atoms with Crippen LogP contribution < -0.4 is 11.1 Å². The van der Waals surface area contributed by atoms with Crippen molar-refractivity contribution in [3.8, 4) is 0 Å². The van der Waals surface area contributed by atoms with Crippen LogP contribution in [0, 0.1) is 19.8 Å². The number of aromatic nitrogens is 4. The topological polar surface area (TPSA) is 98.2 Å². The lowest BCUT2D eigenvalue weighted by atomic mass is 10.1. The summed E-state index contributed by atoms with van der Waals surface area (Å²) in [5, 5.41) is 6.44. The third kappa shape index (κ3) is 4.67. The number of halogens is 4. The van der Waals surface area contributed by atoms with Gasteiger partial charge in [-0.3, -0.25) is 4.79 Å². The van der Waals surface area contributed by atoms with Crippen molar-refractivity contribution < 1.29 is 18.0 Å². The highest BCUT2D eigenvalue weighted by Crippen LogP contribution is 2.32. The molecule has 2 aromatic rings. The molecule has 11 heteroatoms. The quantitative estimate of drug-likeness (QED) is 0.764. The van der Waals surface area contributed by atoms with E-state index in [1.165, 1.54) is 0 Å².